The van der Waals surface area contributed by atoms with Crippen LogP contribution in [0.2, 0.25) is 0 Å². The monoisotopic (exact) mass is 265 g/mol. The van der Waals surface area contributed by atoms with Crippen LogP contribution in [-0.4, -0.2) is 7.05 Å². The highest BCUT2D eigenvalue weighted by Crippen LogP contribution is 2.36. The summed E-state index contributed by atoms with van der Waals surface area (Å²) < 4.78 is 0. The Hall–Kier alpha value is -0.340. The molecule has 0 aliphatic heterocycles. The molecule has 1 heterocycles. The van der Waals surface area contributed by atoms with Gasteiger partial charge in [-0.25, -0.2) is 0 Å². The second-order valence-electron chi connectivity index (χ2n) is 5.50. The van der Waals surface area contributed by atoms with Crippen molar-refractivity contribution >= 4 is 11.3 Å². The van der Waals surface area contributed by atoms with Gasteiger partial charge in [-0.1, -0.05) is 33.1 Å². The van der Waals surface area contributed by atoms with Crippen molar-refractivity contribution in [1.29, 1.82) is 0 Å². The molecule has 1 aliphatic carbocycles. The van der Waals surface area contributed by atoms with Crippen LogP contribution in [0.1, 0.15) is 67.3 Å². The van der Waals surface area contributed by atoms with Gasteiger partial charge in [0.2, 0.25) is 0 Å². The van der Waals surface area contributed by atoms with Crippen LogP contribution in [-0.2, 0) is 12.8 Å². The summed E-state index contributed by atoms with van der Waals surface area (Å²) in [7, 11) is 2.12. The average molecular weight is 265 g/mol. The Kier molecular flexibility index (Phi) is 5.25. The molecule has 2 rings (SSSR count). The van der Waals surface area contributed by atoms with Crippen LogP contribution in [0.3, 0.4) is 0 Å². The Morgan fingerprint density at radius 3 is 2.56 bits per heavy atom. The molecule has 2 heteroatoms. The molecule has 0 spiro atoms. The van der Waals surface area contributed by atoms with E-state index < -0.39 is 0 Å². The van der Waals surface area contributed by atoms with E-state index in [1.807, 2.05) is 0 Å². The Morgan fingerprint density at radius 2 is 1.89 bits per heavy atom. The van der Waals surface area contributed by atoms with Crippen LogP contribution in [0.25, 0.3) is 0 Å². The molecule has 102 valence electrons. The van der Waals surface area contributed by atoms with E-state index in [-0.39, 0.29) is 0 Å². The lowest BCUT2D eigenvalue weighted by molar-refractivity contribution is 0.364. The van der Waals surface area contributed by atoms with E-state index in [9.17, 15) is 0 Å². The zero-order valence-electron chi connectivity index (χ0n) is 12.1. The molecule has 0 fully saturated rings. The van der Waals surface area contributed by atoms with Gasteiger partial charge in [-0.2, -0.15) is 0 Å². The minimum absolute atomic E-state index is 0.567. The molecule has 0 aromatic carbocycles. The molecule has 1 aromatic heterocycles. The maximum absolute atomic E-state index is 3.56. The van der Waals surface area contributed by atoms with Gasteiger partial charge in [0.05, 0.1) is 0 Å². The van der Waals surface area contributed by atoms with Crippen molar-refractivity contribution in [2.45, 2.75) is 64.8 Å². The molecule has 1 N–H and O–H groups in total. The van der Waals surface area contributed by atoms with Crippen molar-refractivity contribution in [3.05, 3.63) is 21.4 Å². The van der Waals surface area contributed by atoms with Gasteiger partial charge in [0, 0.05) is 15.8 Å². The van der Waals surface area contributed by atoms with Gasteiger partial charge >= 0.3 is 0 Å². The second-order valence-corrected chi connectivity index (χ2v) is 6.67. The summed E-state index contributed by atoms with van der Waals surface area (Å²) in [6, 6.07) is 3.07. The van der Waals surface area contributed by atoms with Crippen LogP contribution in [0.4, 0.5) is 0 Å². The maximum Gasteiger partial charge on any atom is 0.0440 e. The number of nitrogens with one attached hydrogen (secondary N) is 1. The average Bonchev–Trinajstić information content (AvgIpc) is 2.66. The predicted octanol–water partition coefficient (Wildman–Crippen LogP) is 4.71. The lowest BCUT2D eigenvalue weighted by atomic mass is 9.92. The Bertz CT molecular complexity index is 342. The van der Waals surface area contributed by atoms with Gasteiger partial charge < -0.3 is 5.32 Å². The van der Waals surface area contributed by atoms with E-state index in [1.165, 1.54) is 44.9 Å². The summed E-state index contributed by atoms with van der Waals surface area (Å²) in [6.45, 7) is 4.63. The largest absolute Gasteiger partial charge is 0.312 e. The second kappa shape index (κ2) is 6.72. The molecular weight excluding hydrogens is 238 g/mol. The van der Waals surface area contributed by atoms with Gasteiger partial charge in [0.15, 0.2) is 0 Å². The van der Waals surface area contributed by atoms with Gasteiger partial charge in [-0.15, -0.1) is 11.3 Å². The summed E-state index contributed by atoms with van der Waals surface area (Å²) in [5.41, 5.74) is 1.65. The summed E-state index contributed by atoms with van der Waals surface area (Å²) in [5.74, 6) is 0.775. The van der Waals surface area contributed by atoms with Crippen LogP contribution < -0.4 is 5.32 Å². The molecule has 1 aliphatic rings. The number of hydrogen-bond acceptors (Lipinski definition) is 2. The number of hydrogen-bond donors (Lipinski definition) is 1. The van der Waals surface area contributed by atoms with E-state index in [4.69, 9.17) is 0 Å². The van der Waals surface area contributed by atoms with Crippen LogP contribution in [0.15, 0.2) is 6.07 Å². The first kappa shape index (κ1) is 14.1. The van der Waals surface area contributed by atoms with E-state index in [0.717, 1.165) is 5.92 Å². The van der Waals surface area contributed by atoms with Crippen LogP contribution in [0, 0.1) is 5.92 Å². The SMILES string of the molecule is CCC(CC)C(NC)c1cc2c(s1)CCCCC2. The zero-order valence-corrected chi connectivity index (χ0v) is 12.9. The normalized spacial score (nSPS) is 17.6. The molecular formula is C16H27NS. The first-order valence-electron chi connectivity index (χ1n) is 7.58. The number of fused-ring (bicyclic) bond motifs is 1. The first-order chi connectivity index (χ1) is 8.80. The molecule has 0 bridgehead atoms. The molecule has 1 nitrogen and oxygen atoms in total. The minimum atomic E-state index is 0.567. The van der Waals surface area contributed by atoms with Gasteiger partial charge in [0.1, 0.15) is 0 Å². The standard InChI is InChI=1S/C16H27NS/c1-4-12(5-2)16(17-3)15-11-13-9-7-6-8-10-14(13)18-15/h11-12,16-17H,4-10H2,1-3H3. The molecule has 1 unspecified atom stereocenters. The van der Waals surface area contributed by atoms with Crippen molar-refractivity contribution < 1.29 is 0 Å². The molecule has 0 saturated heterocycles. The fraction of sp³-hybridized carbons (Fsp3) is 0.750. The smallest absolute Gasteiger partial charge is 0.0440 e. The van der Waals surface area contributed by atoms with E-state index >= 15 is 0 Å². The van der Waals surface area contributed by atoms with Crippen LogP contribution >= 0.6 is 11.3 Å². The van der Waals surface area contributed by atoms with Crippen molar-refractivity contribution in [1.82, 2.24) is 5.32 Å². The van der Waals surface area contributed by atoms with Crippen molar-refractivity contribution in [2.75, 3.05) is 7.05 Å². The highest BCUT2D eigenvalue weighted by atomic mass is 32.1. The van der Waals surface area contributed by atoms with Crippen molar-refractivity contribution in [2.24, 2.45) is 5.92 Å². The predicted molar refractivity (Wildman–Crippen MR) is 81.5 cm³/mol. The fourth-order valence-corrected chi connectivity index (χ4v) is 4.68. The topological polar surface area (TPSA) is 12.0 Å². The molecule has 18 heavy (non-hydrogen) atoms. The fourth-order valence-electron chi connectivity index (χ4n) is 3.21. The van der Waals surface area contributed by atoms with Gasteiger partial charge in [-0.3, -0.25) is 0 Å². The maximum atomic E-state index is 3.56. The number of rotatable bonds is 5. The van der Waals surface area contributed by atoms with Gasteiger partial charge in [0.25, 0.3) is 0 Å². The number of thiophene rings is 1. The third-order valence-corrected chi connectivity index (χ3v) is 5.72. The number of aryl methyl sites for hydroxylation is 2. The lowest BCUT2D eigenvalue weighted by Gasteiger charge is -2.23. The molecule has 1 aromatic rings. The van der Waals surface area contributed by atoms with Crippen LogP contribution in [0.5, 0.6) is 0 Å². The Balaban J connectivity index is 2.21. The highest BCUT2D eigenvalue weighted by Gasteiger charge is 2.22. The third-order valence-electron chi connectivity index (χ3n) is 4.40. The van der Waals surface area contributed by atoms with E-state index in [0.29, 0.717) is 6.04 Å². The minimum Gasteiger partial charge on any atom is -0.312 e. The summed E-state index contributed by atoms with van der Waals surface area (Å²) >= 11 is 2.08. The molecule has 0 saturated carbocycles. The first-order valence-corrected chi connectivity index (χ1v) is 8.40. The summed E-state index contributed by atoms with van der Waals surface area (Å²) in [4.78, 5) is 3.26. The third kappa shape index (κ3) is 2.97. The molecule has 0 radical (unpaired) electrons. The van der Waals surface area contributed by atoms with Crippen molar-refractivity contribution in [3.63, 3.8) is 0 Å². The Morgan fingerprint density at radius 1 is 1.17 bits per heavy atom. The Labute approximate surface area is 116 Å². The molecule has 1 atom stereocenters. The summed E-state index contributed by atoms with van der Waals surface area (Å²) in [6.07, 6.45) is 9.36. The quantitative estimate of drug-likeness (QED) is 0.760. The molecule has 0 amide bonds. The summed E-state index contributed by atoms with van der Waals surface area (Å²) in [5, 5.41) is 3.56. The van der Waals surface area contributed by atoms with Crippen molar-refractivity contribution in [3.8, 4) is 0 Å². The van der Waals surface area contributed by atoms with E-state index in [2.05, 4.69) is 43.6 Å². The highest BCUT2D eigenvalue weighted by molar-refractivity contribution is 7.12. The lowest BCUT2D eigenvalue weighted by Crippen LogP contribution is -2.23. The van der Waals surface area contributed by atoms with Gasteiger partial charge in [-0.05, 0) is 50.3 Å². The zero-order chi connectivity index (χ0) is 13.0. The van der Waals surface area contributed by atoms with E-state index in [1.54, 1.807) is 15.3 Å².